The number of amides is 4. The lowest BCUT2D eigenvalue weighted by Crippen LogP contribution is -2.55. The van der Waals surface area contributed by atoms with Gasteiger partial charge in [0.1, 0.15) is 12.1 Å². The average Bonchev–Trinajstić information content (AvgIpc) is 3.25. The van der Waals surface area contributed by atoms with Crippen molar-refractivity contribution in [1.82, 2.24) is 16.0 Å². The first-order valence-corrected chi connectivity index (χ1v) is 20.8. The molecule has 0 saturated heterocycles. The summed E-state index contributed by atoms with van der Waals surface area (Å²) < 4.78 is 64.7. The number of rotatable bonds is 48. The quantitative estimate of drug-likeness (QED) is 0.0273. The van der Waals surface area contributed by atoms with Gasteiger partial charge in [0.2, 0.25) is 23.6 Å². The number of carbonyl (C=O) groups is 5. The van der Waals surface area contributed by atoms with E-state index in [2.05, 4.69) is 16.0 Å². The highest BCUT2D eigenvalue weighted by atomic mass is 16.6. The van der Waals surface area contributed by atoms with Gasteiger partial charge < -0.3 is 89.4 Å². The van der Waals surface area contributed by atoms with Crippen molar-refractivity contribution in [3.05, 3.63) is 12.2 Å². The van der Waals surface area contributed by atoms with Crippen LogP contribution < -0.4 is 27.4 Å². The van der Waals surface area contributed by atoms with Crippen LogP contribution in [0.1, 0.15) is 25.7 Å². The molecule has 0 fully saturated rings. The molecule has 0 unspecified atom stereocenters. The van der Waals surface area contributed by atoms with Crippen LogP contribution >= 0.6 is 0 Å². The molecular weight excluding hydrogens is 826 g/mol. The molecule has 0 aliphatic rings. The van der Waals surface area contributed by atoms with Crippen LogP contribution in [0.2, 0.25) is 0 Å². The number of hydrogen-bond donors (Lipinski definition) is 6. The zero-order chi connectivity index (χ0) is 45.6. The fourth-order valence-electron chi connectivity index (χ4n) is 4.55. The molecule has 0 spiro atoms. The Kier molecular flexibility index (Phi) is 43.1. The van der Waals surface area contributed by atoms with Crippen LogP contribution in [0.3, 0.4) is 0 Å². The van der Waals surface area contributed by atoms with E-state index in [4.69, 9.17) is 73.4 Å². The van der Waals surface area contributed by atoms with Crippen molar-refractivity contribution in [2.75, 3.05) is 172 Å². The molecule has 4 amide bonds. The molecule has 0 saturated carbocycles. The van der Waals surface area contributed by atoms with Crippen LogP contribution in [0, 0.1) is 0 Å². The second-order valence-electron chi connectivity index (χ2n) is 12.8. The summed E-state index contributed by atoms with van der Waals surface area (Å²) in [5.41, 5.74) is 10.9. The summed E-state index contributed by atoms with van der Waals surface area (Å²) in [4.78, 5) is 58.6. The highest BCUT2D eigenvalue weighted by Crippen LogP contribution is 2.02. The third kappa shape index (κ3) is 41.9. The van der Waals surface area contributed by atoms with Gasteiger partial charge >= 0.3 is 5.97 Å². The maximum Gasteiger partial charge on any atom is 0.328 e. The summed E-state index contributed by atoms with van der Waals surface area (Å²) in [6.07, 6.45) is 2.66. The molecule has 8 N–H and O–H groups in total. The number of carboxylic acids is 1. The largest absolute Gasteiger partial charge is 0.478 e. The maximum absolute atomic E-state index is 12.5. The first-order valence-electron chi connectivity index (χ1n) is 20.8. The molecule has 0 aromatic carbocycles. The van der Waals surface area contributed by atoms with Crippen molar-refractivity contribution in [3.63, 3.8) is 0 Å². The number of carboxylic acid groups (broad SMARTS) is 1. The Balaban J connectivity index is 3.46. The normalized spacial score (nSPS) is 12.4. The molecule has 0 aromatic heterocycles. The minimum absolute atomic E-state index is 0.160. The molecule has 362 valence electrons. The lowest BCUT2D eigenvalue weighted by atomic mass is 10.1. The van der Waals surface area contributed by atoms with Gasteiger partial charge in [0, 0.05) is 38.8 Å². The van der Waals surface area contributed by atoms with E-state index < -0.39 is 35.8 Å². The minimum Gasteiger partial charge on any atom is -0.478 e. The monoisotopic (exact) mass is 899 g/mol. The second kappa shape index (κ2) is 45.6. The van der Waals surface area contributed by atoms with Crippen LogP contribution in [-0.4, -0.2) is 219 Å². The maximum atomic E-state index is 12.5. The lowest BCUT2D eigenvalue weighted by Gasteiger charge is -2.20. The standard InChI is InChI=1S/C39H73N5O18/c1-51-10-11-53-14-15-55-18-19-57-22-23-59-26-27-61-30-31-62-29-28-60-25-24-58-21-20-56-17-16-54-13-12-52-9-7-35(45)42-8-3-2-4-33(38(41)49)44-39(50)34(32-40)43-36(46)5-6-37(47)48/h5-6,33-34H,2-4,7-32,40H2,1H3,(H2,41,49)(H,42,45)(H,43,46)(H,44,50)(H,47,48)/b6-5-/t33-,34-/m0/s1. The zero-order valence-electron chi connectivity index (χ0n) is 36.4. The molecule has 2 atom stereocenters. The molecular formula is C39H73N5O18. The van der Waals surface area contributed by atoms with E-state index in [0.717, 1.165) is 6.08 Å². The van der Waals surface area contributed by atoms with E-state index in [9.17, 15) is 24.0 Å². The number of methoxy groups -OCH3 is 1. The van der Waals surface area contributed by atoms with Crippen molar-refractivity contribution in [3.8, 4) is 0 Å². The van der Waals surface area contributed by atoms with Crippen molar-refractivity contribution in [2.45, 2.75) is 37.8 Å². The van der Waals surface area contributed by atoms with Gasteiger partial charge in [-0.05, 0) is 19.3 Å². The molecule has 0 rings (SSSR count). The molecule has 0 radical (unpaired) electrons. The second-order valence-corrected chi connectivity index (χ2v) is 12.8. The van der Waals surface area contributed by atoms with E-state index in [1.54, 1.807) is 7.11 Å². The fraction of sp³-hybridized carbons (Fsp3) is 0.821. The highest BCUT2D eigenvalue weighted by molar-refractivity contribution is 5.97. The summed E-state index contributed by atoms with van der Waals surface area (Å²) in [6, 6.07) is -2.23. The van der Waals surface area contributed by atoms with Gasteiger partial charge in [-0.25, -0.2) is 4.79 Å². The topological polar surface area (TPSA) is 304 Å². The SMILES string of the molecule is COCCOCCOCCOCCOCCOCCOCCOCCOCCOCCOCCOCCC(=O)NCCCC[C@H](NC(=O)[C@H](CN)NC(=O)/C=C\C(=O)O)C(N)=O. The summed E-state index contributed by atoms with van der Waals surface area (Å²) in [5.74, 6) is -3.90. The van der Waals surface area contributed by atoms with Gasteiger partial charge in [-0.2, -0.15) is 0 Å². The lowest BCUT2D eigenvalue weighted by molar-refractivity contribution is -0.132. The fourth-order valence-corrected chi connectivity index (χ4v) is 4.55. The number of unbranched alkanes of at least 4 members (excludes halogenated alkanes) is 1. The van der Waals surface area contributed by atoms with E-state index in [1.807, 2.05) is 0 Å². The molecule has 0 aliphatic heterocycles. The Morgan fingerprint density at radius 3 is 1.23 bits per heavy atom. The number of primary amides is 1. The van der Waals surface area contributed by atoms with E-state index in [-0.39, 0.29) is 31.9 Å². The molecule has 0 aromatic rings. The van der Waals surface area contributed by atoms with Crippen LogP contribution in [0.25, 0.3) is 0 Å². The van der Waals surface area contributed by atoms with Crippen LogP contribution in [0.4, 0.5) is 0 Å². The number of carbonyl (C=O) groups excluding carboxylic acids is 4. The Morgan fingerprint density at radius 2 is 0.887 bits per heavy atom. The minimum atomic E-state index is -1.34. The summed E-state index contributed by atoms with van der Waals surface area (Å²) in [5, 5.41) is 16.0. The first-order chi connectivity index (χ1) is 30.2. The Morgan fingerprint density at radius 1 is 0.516 bits per heavy atom. The molecule has 23 nitrogen and oxygen atoms in total. The van der Waals surface area contributed by atoms with Gasteiger partial charge in [-0.15, -0.1) is 0 Å². The van der Waals surface area contributed by atoms with Crippen LogP contribution in [0.5, 0.6) is 0 Å². The van der Waals surface area contributed by atoms with Gasteiger partial charge in [0.15, 0.2) is 0 Å². The number of nitrogens with two attached hydrogens (primary N) is 2. The predicted molar refractivity (Wildman–Crippen MR) is 221 cm³/mol. The van der Waals surface area contributed by atoms with Gasteiger partial charge in [0.25, 0.3) is 0 Å². The third-order valence-electron chi connectivity index (χ3n) is 7.77. The average molecular weight is 900 g/mol. The van der Waals surface area contributed by atoms with Crippen LogP contribution in [0.15, 0.2) is 12.2 Å². The van der Waals surface area contributed by atoms with Gasteiger partial charge in [0.05, 0.1) is 152 Å². The smallest absolute Gasteiger partial charge is 0.328 e. The zero-order valence-corrected chi connectivity index (χ0v) is 36.4. The molecule has 62 heavy (non-hydrogen) atoms. The predicted octanol–water partition coefficient (Wildman–Crippen LogP) is -2.45. The van der Waals surface area contributed by atoms with Crippen molar-refractivity contribution in [1.29, 1.82) is 0 Å². The number of aliphatic carboxylic acids is 1. The van der Waals surface area contributed by atoms with Crippen molar-refractivity contribution < 1.29 is 85.9 Å². The van der Waals surface area contributed by atoms with Gasteiger partial charge in [-0.3, -0.25) is 19.2 Å². The van der Waals surface area contributed by atoms with Gasteiger partial charge in [-0.1, -0.05) is 0 Å². The van der Waals surface area contributed by atoms with E-state index in [1.165, 1.54) is 0 Å². The first kappa shape index (κ1) is 58.6. The summed E-state index contributed by atoms with van der Waals surface area (Å²) in [6.45, 7) is 10.5. The highest BCUT2D eigenvalue weighted by Gasteiger charge is 2.24. The van der Waals surface area contributed by atoms with E-state index >= 15 is 0 Å². The van der Waals surface area contributed by atoms with Crippen LogP contribution in [-0.2, 0) is 80.8 Å². The Bertz CT molecular complexity index is 1140. The van der Waals surface area contributed by atoms with Crippen molar-refractivity contribution >= 4 is 29.6 Å². The summed E-state index contributed by atoms with van der Waals surface area (Å²) >= 11 is 0. The Hall–Kier alpha value is -3.43. The number of nitrogens with one attached hydrogen (secondary N) is 3. The summed E-state index contributed by atoms with van der Waals surface area (Å²) in [7, 11) is 1.63. The number of ether oxygens (including phenoxy) is 12. The molecule has 0 aliphatic carbocycles. The molecule has 23 heteroatoms. The number of hydrogen-bond acceptors (Lipinski definition) is 18. The van der Waals surface area contributed by atoms with Crippen molar-refractivity contribution in [2.24, 2.45) is 11.5 Å². The third-order valence-corrected chi connectivity index (χ3v) is 7.77. The Labute approximate surface area is 364 Å². The molecule has 0 bridgehead atoms. The molecule has 0 heterocycles. The van der Waals surface area contributed by atoms with E-state index in [0.29, 0.717) is 171 Å².